The predicted molar refractivity (Wildman–Crippen MR) is 55.2 cm³/mol. The fourth-order valence-corrected chi connectivity index (χ4v) is 1.66. The zero-order chi connectivity index (χ0) is 11.8. The second kappa shape index (κ2) is 3.60. The van der Waals surface area contributed by atoms with Crippen LogP contribution < -0.4 is 9.74 Å². The quantitative estimate of drug-likeness (QED) is 0.802. The summed E-state index contributed by atoms with van der Waals surface area (Å²) in [5.41, 5.74) is -0.404. The van der Waals surface area contributed by atoms with Gasteiger partial charge in [0.25, 0.3) is 5.56 Å². The molecule has 1 heterocycles. The number of halogens is 1. The zero-order valence-corrected chi connectivity index (χ0v) is 8.62. The van der Waals surface area contributed by atoms with Crippen LogP contribution in [0.5, 0.6) is 5.75 Å². The Hall–Kier alpha value is -1.89. The molecule has 5 nitrogen and oxygen atoms in total. The van der Waals surface area contributed by atoms with Crippen LogP contribution in [0.1, 0.15) is 0 Å². The van der Waals surface area contributed by atoms with Crippen LogP contribution in [-0.4, -0.2) is 13.4 Å². The van der Waals surface area contributed by atoms with E-state index in [1.807, 2.05) is 0 Å². The summed E-state index contributed by atoms with van der Waals surface area (Å²) in [5, 5.41) is 0.830. The molecule has 0 radical (unpaired) electrons. The van der Waals surface area contributed by atoms with Gasteiger partial charge in [-0.25, -0.2) is 0 Å². The molecular formula is C9H6FNO4S. The monoisotopic (exact) mass is 243 g/mol. The van der Waals surface area contributed by atoms with Crippen LogP contribution in [0.3, 0.4) is 0 Å². The molecule has 84 valence electrons. The molecule has 0 aliphatic rings. The third-order valence-electron chi connectivity index (χ3n) is 1.94. The van der Waals surface area contributed by atoms with Gasteiger partial charge in [-0.3, -0.25) is 4.79 Å². The SMILES string of the molecule is O=c1[nH]ccc2ccc(OS(=O)(=O)F)cc12. The topological polar surface area (TPSA) is 76.2 Å². The van der Waals surface area contributed by atoms with Crippen molar-refractivity contribution in [1.29, 1.82) is 0 Å². The average Bonchev–Trinajstić information content (AvgIpc) is 2.17. The van der Waals surface area contributed by atoms with Crippen molar-refractivity contribution in [1.82, 2.24) is 4.98 Å². The summed E-state index contributed by atoms with van der Waals surface area (Å²) in [6, 6.07) is 5.51. The number of pyridine rings is 1. The van der Waals surface area contributed by atoms with Crippen LogP contribution in [0.25, 0.3) is 10.8 Å². The Bertz CT molecular complexity index is 692. The van der Waals surface area contributed by atoms with Crippen LogP contribution in [0.15, 0.2) is 35.3 Å². The Morgan fingerprint density at radius 2 is 2.00 bits per heavy atom. The second-order valence-electron chi connectivity index (χ2n) is 3.03. The number of hydrogen-bond donors (Lipinski definition) is 1. The molecule has 1 aromatic heterocycles. The third kappa shape index (κ3) is 2.19. The maximum atomic E-state index is 12.2. The summed E-state index contributed by atoms with van der Waals surface area (Å²) < 4.78 is 36.8. The molecule has 0 atom stereocenters. The molecule has 2 rings (SSSR count). The fourth-order valence-electron chi connectivity index (χ4n) is 1.33. The molecule has 0 unspecified atom stereocenters. The summed E-state index contributed by atoms with van der Waals surface area (Å²) >= 11 is 0. The summed E-state index contributed by atoms with van der Waals surface area (Å²) in [4.78, 5) is 13.8. The van der Waals surface area contributed by atoms with Crippen molar-refractivity contribution in [2.75, 3.05) is 0 Å². The molecule has 0 aliphatic heterocycles. The van der Waals surface area contributed by atoms with Crippen molar-refractivity contribution in [2.45, 2.75) is 0 Å². The Morgan fingerprint density at radius 1 is 1.25 bits per heavy atom. The minimum Gasteiger partial charge on any atom is -0.358 e. The van der Waals surface area contributed by atoms with E-state index in [1.165, 1.54) is 18.3 Å². The Morgan fingerprint density at radius 3 is 2.69 bits per heavy atom. The summed E-state index contributed by atoms with van der Waals surface area (Å²) in [6.45, 7) is 0. The van der Waals surface area contributed by atoms with E-state index in [9.17, 15) is 17.1 Å². The Balaban J connectivity index is 2.60. The van der Waals surface area contributed by atoms with Crippen molar-refractivity contribution in [2.24, 2.45) is 0 Å². The van der Waals surface area contributed by atoms with Crippen molar-refractivity contribution >= 4 is 21.3 Å². The lowest BCUT2D eigenvalue weighted by Crippen LogP contribution is -2.06. The van der Waals surface area contributed by atoms with E-state index < -0.39 is 16.1 Å². The Kier molecular flexibility index (Phi) is 2.39. The first-order valence-electron chi connectivity index (χ1n) is 4.21. The van der Waals surface area contributed by atoms with Crippen LogP contribution in [0.2, 0.25) is 0 Å². The highest BCUT2D eigenvalue weighted by molar-refractivity contribution is 7.81. The number of benzene rings is 1. The minimum atomic E-state index is -5.07. The fraction of sp³-hybridized carbons (Fsp3) is 0. The lowest BCUT2D eigenvalue weighted by atomic mass is 10.2. The number of aromatic amines is 1. The van der Waals surface area contributed by atoms with Gasteiger partial charge in [-0.1, -0.05) is 9.95 Å². The van der Waals surface area contributed by atoms with Crippen LogP contribution in [0.4, 0.5) is 3.89 Å². The predicted octanol–water partition coefficient (Wildman–Crippen LogP) is 1.12. The standard InChI is InChI=1S/C9H6FNO4S/c10-16(13,14)15-7-2-1-6-3-4-11-9(12)8(6)5-7/h1-5H,(H,11,12). The van der Waals surface area contributed by atoms with Crippen molar-refractivity contribution in [3.05, 3.63) is 40.8 Å². The summed E-state index contributed by atoms with van der Waals surface area (Å²) in [7, 11) is -5.07. The smallest absolute Gasteiger partial charge is 0.358 e. The number of aromatic nitrogens is 1. The van der Waals surface area contributed by atoms with Gasteiger partial charge in [0.2, 0.25) is 0 Å². The molecule has 16 heavy (non-hydrogen) atoms. The van der Waals surface area contributed by atoms with E-state index in [-0.39, 0.29) is 11.1 Å². The molecule has 7 heteroatoms. The molecular weight excluding hydrogens is 237 g/mol. The molecule has 1 aromatic carbocycles. The highest BCUT2D eigenvalue weighted by Gasteiger charge is 2.10. The molecule has 0 saturated carbocycles. The molecule has 0 aliphatic carbocycles. The van der Waals surface area contributed by atoms with Gasteiger partial charge in [0, 0.05) is 6.20 Å². The molecule has 0 bridgehead atoms. The molecule has 0 fully saturated rings. The van der Waals surface area contributed by atoms with E-state index in [1.54, 1.807) is 6.07 Å². The van der Waals surface area contributed by atoms with Crippen LogP contribution >= 0.6 is 0 Å². The van der Waals surface area contributed by atoms with Crippen LogP contribution in [-0.2, 0) is 10.5 Å². The second-order valence-corrected chi connectivity index (χ2v) is 3.99. The highest BCUT2D eigenvalue weighted by atomic mass is 32.3. The van der Waals surface area contributed by atoms with Gasteiger partial charge in [-0.15, -0.1) is 0 Å². The number of nitrogens with one attached hydrogen (secondary N) is 1. The van der Waals surface area contributed by atoms with Gasteiger partial charge >= 0.3 is 10.5 Å². The number of hydrogen-bond acceptors (Lipinski definition) is 4. The van der Waals surface area contributed by atoms with Gasteiger partial charge < -0.3 is 9.17 Å². The van der Waals surface area contributed by atoms with Gasteiger partial charge in [-0.05, 0) is 23.6 Å². The van der Waals surface area contributed by atoms with Crippen molar-refractivity contribution < 1.29 is 16.5 Å². The van der Waals surface area contributed by atoms with Gasteiger partial charge in [0.15, 0.2) is 0 Å². The van der Waals surface area contributed by atoms with E-state index in [0.29, 0.717) is 5.39 Å². The first kappa shape index (κ1) is 10.6. The lowest BCUT2D eigenvalue weighted by Gasteiger charge is -2.01. The minimum absolute atomic E-state index is 0.226. The van der Waals surface area contributed by atoms with E-state index >= 15 is 0 Å². The zero-order valence-electron chi connectivity index (χ0n) is 7.81. The highest BCUT2D eigenvalue weighted by Crippen LogP contribution is 2.19. The van der Waals surface area contributed by atoms with Gasteiger partial charge in [-0.2, -0.15) is 8.42 Å². The first-order chi connectivity index (χ1) is 7.46. The summed E-state index contributed by atoms with van der Waals surface area (Å²) in [5.74, 6) is -0.244. The number of rotatable bonds is 2. The molecule has 0 amide bonds. The maximum Gasteiger partial charge on any atom is 0.488 e. The van der Waals surface area contributed by atoms with Crippen LogP contribution in [0, 0.1) is 0 Å². The molecule has 2 aromatic rings. The molecule has 0 spiro atoms. The summed E-state index contributed by atoms with van der Waals surface area (Å²) in [6.07, 6.45) is 1.46. The maximum absolute atomic E-state index is 12.2. The third-order valence-corrected chi connectivity index (χ3v) is 2.33. The van der Waals surface area contributed by atoms with Gasteiger partial charge in [0.05, 0.1) is 5.39 Å². The van der Waals surface area contributed by atoms with E-state index in [4.69, 9.17) is 0 Å². The Labute approximate surface area is 89.9 Å². The molecule has 1 N–H and O–H groups in total. The van der Waals surface area contributed by atoms with Crippen molar-refractivity contribution in [3.63, 3.8) is 0 Å². The normalized spacial score (nSPS) is 11.6. The van der Waals surface area contributed by atoms with Crippen molar-refractivity contribution in [3.8, 4) is 5.75 Å². The largest absolute Gasteiger partial charge is 0.488 e. The van der Waals surface area contributed by atoms with E-state index in [0.717, 1.165) is 6.07 Å². The number of H-pyrrole nitrogens is 1. The first-order valence-corrected chi connectivity index (χ1v) is 5.52. The average molecular weight is 243 g/mol. The number of fused-ring (bicyclic) bond motifs is 1. The lowest BCUT2D eigenvalue weighted by molar-refractivity contribution is 0.440. The van der Waals surface area contributed by atoms with Gasteiger partial charge in [0.1, 0.15) is 5.75 Å². The van der Waals surface area contributed by atoms with E-state index in [2.05, 4.69) is 9.17 Å². The molecule has 0 saturated heterocycles.